The highest BCUT2D eigenvalue weighted by Crippen LogP contribution is 2.39. The van der Waals surface area contributed by atoms with E-state index in [0.717, 1.165) is 18.4 Å². The summed E-state index contributed by atoms with van der Waals surface area (Å²) < 4.78 is 15.6. The molecule has 1 aliphatic carbocycles. The molecule has 0 spiro atoms. The quantitative estimate of drug-likeness (QED) is 0.919. The first-order valence-electron chi connectivity index (χ1n) is 8.69. The van der Waals surface area contributed by atoms with Crippen LogP contribution in [0, 0.1) is 5.82 Å². The minimum atomic E-state index is -0.498. The number of piperidine rings is 1. The smallest absolute Gasteiger partial charge is 0.225 e. The van der Waals surface area contributed by atoms with Crippen LogP contribution in [-0.2, 0) is 4.79 Å². The van der Waals surface area contributed by atoms with Crippen molar-refractivity contribution >= 4 is 11.9 Å². The van der Waals surface area contributed by atoms with E-state index in [9.17, 15) is 9.18 Å². The Balaban J connectivity index is 1.47. The van der Waals surface area contributed by atoms with Crippen molar-refractivity contribution in [1.82, 2.24) is 24.6 Å². The van der Waals surface area contributed by atoms with Gasteiger partial charge in [-0.05, 0) is 37.2 Å². The first-order valence-corrected chi connectivity index (χ1v) is 8.69. The van der Waals surface area contributed by atoms with Crippen molar-refractivity contribution in [2.24, 2.45) is 0 Å². The number of aromatic nitrogens is 4. The second-order valence-electron chi connectivity index (χ2n) is 6.78. The lowest BCUT2D eigenvalue weighted by Crippen LogP contribution is -2.41. The number of rotatable bonds is 4. The van der Waals surface area contributed by atoms with Gasteiger partial charge in [-0.25, -0.2) is 14.1 Å². The lowest BCUT2D eigenvalue weighted by atomic mass is 10.1. The summed E-state index contributed by atoms with van der Waals surface area (Å²) in [5, 5.41) is 7.49. The third-order valence-corrected chi connectivity index (χ3v) is 4.87. The van der Waals surface area contributed by atoms with Gasteiger partial charge >= 0.3 is 0 Å². The molecular formula is C17H21FN6O. The lowest BCUT2D eigenvalue weighted by Gasteiger charge is -2.31. The predicted octanol–water partition coefficient (Wildman–Crippen LogP) is 2.10. The van der Waals surface area contributed by atoms with E-state index in [1.807, 2.05) is 11.1 Å². The first-order chi connectivity index (χ1) is 12.1. The Bertz CT molecular complexity index is 779. The molecule has 25 heavy (non-hydrogen) atoms. The molecule has 0 aromatic carbocycles. The Morgan fingerprint density at radius 2 is 2.00 bits per heavy atom. The Morgan fingerprint density at radius 3 is 2.68 bits per heavy atom. The maximum Gasteiger partial charge on any atom is 0.225 e. The third kappa shape index (κ3) is 3.47. The molecule has 0 radical (unpaired) electrons. The van der Waals surface area contributed by atoms with Gasteiger partial charge in [-0.15, -0.1) is 0 Å². The molecule has 1 amide bonds. The highest BCUT2D eigenvalue weighted by molar-refractivity contribution is 5.73. The summed E-state index contributed by atoms with van der Waals surface area (Å²) in [4.78, 5) is 21.6. The number of amides is 1. The maximum atomic E-state index is 14.1. The molecule has 1 N–H and O–H groups in total. The van der Waals surface area contributed by atoms with E-state index in [1.165, 1.54) is 23.7 Å². The summed E-state index contributed by atoms with van der Waals surface area (Å²) in [5.74, 6) is 0.709. The van der Waals surface area contributed by atoms with Gasteiger partial charge < -0.3 is 10.2 Å². The van der Waals surface area contributed by atoms with Crippen molar-refractivity contribution < 1.29 is 9.18 Å². The van der Waals surface area contributed by atoms with Crippen molar-refractivity contribution in [2.45, 2.75) is 44.6 Å². The SMILES string of the molecule is CC(=O)N1CCC(Nc2ncc(F)c(-n3cc(C4CC4)cn3)n2)CC1. The van der Waals surface area contributed by atoms with E-state index in [-0.39, 0.29) is 17.8 Å². The van der Waals surface area contributed by atoms with E-state index in [0.29, 0.717) is 25.0 Å². The molecule has 2 aliphatic rings. The van der Waals surface area contributed by atoms with E-state index < -0.39 is 5.82 Å². The molecule has 0 bridgehead atoms. The molecule has 2 aromatic rings. The zero-order chi connectivity index (χ0) is 17.4. The van der Waals surface area contributed by atoms with Crippen molar-refractivity contribution in [1.29, 1.82) is 0 Å². The fraction of sp³-hybridized carbons (Fsp3) is 0.529. The van der Waals surface area contributed by atoms with Crippen LogP contribution in [0.25, 0.3) is 5.82 Å². The Hall–Kier alpha value is -2.51. The molecule has 132 valence electrons. The molecule has 1 aliphatic heterocycles. The van der Waals surface area contributed by atoms with Gasteiger partial charge in [0.2, 0.25) is 11.9 Å². The normalized spacial score (nSPS) is 18.4. The number of hydrogen-bond acceptors (Lipinski definition) is 5. The molecule has 0 atom stereocenters. The van der Waals surface area contributed by atoms with Crippen LogP contribution in [0.4, 0.5) is 10.3 Å². The number of halogens is 1. The highest BCUT2D eigenvalue weighted by Gasteiger charge is 2.26. The standard InChI is InChI=1S/C17H21FN6O/c1-11(25)23-6-4-14(5-7-23)21-17-19-9-15(18)16(22-17)24-10-13(8-20-24)12-2-3-12/h8-10,12,14H,2-7H2,1H3,(H,19,21,22). The van der Waals surface area contributed by atoms with Crippen molar-refractivity contribution in [3.05, 3.63) is 30.0 Å². The van der Waals surface area contributed by atoms with Crippen molar-refractivity contribution in [3.63, 3.8) is 0 Å². The van der Waals surface area contributed by atoms with E-state index in [4.69, 9.17) is 0 Å². The molecule has 1 saturated carbocycles. The van der Waals surface area contributed by atoms with Gasteiger partial charge in [0, 0.05) is 32.3 Å². The van der Waals surface area contributed by atoms with Crippen LogP contribution in [0.15, 0.2) is 18.6 Å². The molecule has 0 unspecified atom stereocenters. The molecule has 2 aromatic heterocycles. The second kappa shape index (κ2) is 6.42. The number of carbonyl (C=O) groups excluding carboxylic acids is 1. The number of nitrogens with zero attached hydrogens (tertiary/aromatic N) is 5. The maximum absolute atomic E-state index is 14.1. The predicted molar refractivity (Wildman–Crippen MR) is 90.0 cm³/mol. The summed E-state index contributed by atoms with van der Waals surface area (Å²) in [6, 6.07) is 0.175. The van der Waals surface area contributed by atoms with Crippen LogP contribution in [0.5, 0.6) is 0 Å². The Morgan fingerprint density at radius 1 is 1.24 bits per heavy atom. The topological polar surface area (TPSA) is 75.9 Å². The molecule has 8 heteroatoms. The van der Waals surface area contributed by atoms with Crippen LogP contribution >= 0.6 is 0 Å². The molecule has 2 fully saturated rings. The summed E-state index contributed by atoms with van der Waals surface area (Å²) in [5.41, 5.74) is 1.13. The van der Waals surface area contributed by atoms with Gasteiger partial charge in [0.15, 0.2) is 11.6 Å². The van der Waals surface area contributed by atoms with Crippen molar-refractivity contribution in [2.75, 3.05) is 18.4 Å². The fourth-order valence-electron chi connectivity index (χ4n) is 3.19. The van der Waals surface area contributed by atoms with Gasteiger partial charge in [0.25, 0.3) is 0 Å². The van der Waals surface area contributed by atoms with Crippen LogP contribution < -0.4 is 5.32 Å². The second-order valence-corrected chi connectivity index (χ2v) is 6.78. The number of carbonyl (C=O) groups is 1. The number of nitrogens with one attached hydrogen (secondary N) is 1. The van der Waals surface area contributed by atoms with E-state index in [1.54, 1.807) is 13.1 Å². The van der Waals surface area contributed by atoms with Crippen LogP contribution in [0.1, 0.15) is 44.1 Å². The minimum Gasteiger partial charge on any atom is -0.351 e. The van der Waals surface area contributed by atoms with E-state index in [2.05, 4.69) is 20.4 Å². The number of likely N-dealkylation sites (tertiary alicyclic amines) is 1. The summed E-state index contributed by atoms with van der Waals surface area (Å²) >= 11 is 0. The Labute approximate surface area is 145 Å². The van der Waals surface area contributed by atoms with E-state index >= 15 is 0 Å². The third-order valence-electron chi connectivity index (χ3n) is 4.87. The van der Waals surface area contributed by atoms with Crippen LogP contribution in [0.3, 0.4) is 0 Å². The van der Waals surface area contributed by atoms with Gasteiger partial charge in [-0.1, -0.05) is 0 Å². The largest absolute Gasteiger partial charge is 0.351 e. The van der Waals surface area contributed by atoms with Gasteiger partial charge in [-0.3, -0.25) is 4.79 Å². The summed E-state index contributed by atoms with van der Waals surface area (Å²) in [6.07, 6.45) is 8.79. The van der Waals surface area contributed by atoms with Gasteiger partial charge in [0.05, 0.1) is 12.4 Å². The van der Waals surface area contributed by atoms with Crippen LogP contribution in [0.2, 0.25) is 0 Å². The summed E-state index contributed by atoms with van der Waals surface area (Å²) in [7, 11) is 0. The van der Waals surface area contributed by atoms with Gasteiger partial charge in [-0.2, -0.15) is 10.1 Å². The molecule has 3 heterocycles. The first kappa shape index (κ1) is 16.0. The molecule has 4 rings (SSSR count). The summed E-state index contributed by atoms with van der Waals surface area (Å²) in [6.45, 7) is 3.01. The molecule has 7 nitrogen and oxygen atoms in total. The number of anilines is 1. The minimum absolute atomic E-state index is 0.101. The van der Waals surface area contributed by atoms with Crippen molar-refractivity contribution in [3.8, 4) is 5.82 Å². The zero-order valence-electron chi connectivity index (χ0n) is 14.2. The Kier molecular flexibility index (Phi) is 4.10. The van der Waals surface area contributed by atoms with Gasteiger partial charge in [0.1, 0.15) is 0 Å². The zero-order valence-corrected chi connectivity index (χ0v) is 14.2. The molecular weight excluding hydrogens is 323 g/mol. The highest BCUT2D eigenvalue weighted by atomic mass is 19.1. The number of hydrogen-bond donors (Lipinski definition) is 1. The molecule has 1 saturated heterocycles. The average molecular weight is 344 g/mol. The monoisotopic (exact) mass is 344 g/mol. The lowest BCUT2D eigenvalue weighted by molar-refractivity contribution is -0.129. The average Bonchev–Trinajstić information content (AvgIpc) is 3.35. The fourth-order valence-corrected chi connectivity index (χ4v) is 3.19. The van der Waals surface area contributed by atoms with Crippen LogP contribution in [-0.4, -0.2) is 49.7 Å².